The number of rotatable bonds is 7. The predicted molar refractivity (Wildman–Crippen MR) is 119 cm³/mol. The van der Waals surface area contributed by atoms with E-state index in [0.29, 0.717) is 35.6 Å². The number of nitrogens with one attached hydrogen (secondary N) is 1. The summed E-state index contributed by atoms with van der Waals surface area (Å²) in [6, 6.07) is 12.6. The Morgan fingerprint density at radius 2 is 1.88 bits per heavy atom. The van der Waals surface area contributed by atoms with Crippen molar-refractivity contribution >= 4 is 23.4 Å². The highest BCUT2D eigenvalue weighted by Gasteiger charge is 2.52. The maximum atomic E-state index is 13.2. The van der Waals surface area contributed by atoms with E-state index >= 15 is 0 Å². The molecule has 2 aliphatic rings. The molecule has 8 nitrogen and oxygen atoms in total. The summed E-state index contributed by atoms with van der Waals surface area (Å²) in [5, 5.41) is 2.89. The minimum atomic E-state index is -0.765. The van der Waals surface area contributed by atoms with Crippen LogP contribution in [0.4, 0.5) is 5.69 Å². The van der Waals surface area contributed by atoms with Crippen molar-refractivity contribution in [1.82, 2.24) is 10.2 Å². The average Bonchev–Trinajstić information content (AvgIpc) is 3.12. The van der Waals surface area contributed by atoms with Crippen LogP contribution >= 0.6 is 0 Å². The number of amides is 3. The van der Waals surface area contributed by atoms with Gasteiger partial charge in [0.05, 0.1) is 25.5 Å². The number of methoxy groups -OCH3 is 2. The second-order valence-electron chi connectivity index (χ2n) is 8.10. The van der Waals surface area contributed by atoms with Crippen LogP contribution in [0.3, 0.4) is 0 Å². The van der Waals surface area contributed by atoms with Gasteiger partial charge in [-0.05, 0) is 31.5 Å². The standard InChI is InChI=1S/C24H27N3O5/c1-24-13-11-21(29)27(24)18-9-5-4-8-17(18)23(30)26(24)14-12-20(28)25-15-16-7-6-10-19(31-2)22(16)32-3/h4-10H,11-15H2,1-3H3,(H,25,28). The number of hydrogen-bond acceptors (Lipinski definition) is 5. The van der Waals surface area contributed by atoms with Crippen molar-refractivity contribution in [3.8, 4) is 11.5 Å². The fraction of sp³-hybridized carbons (Fsp3) is 0.375. The van der Waals surface area contributed by atoms with Gasteiger partial charge in [0.25, 0.3) is 5.91 Å². The van der Waals surface area contributed by atoms with Crippen molar-refractivity contribution in [3.63, 3.8) is 0 Å². The molecule has 1 unspecified atom stereocenters. The summed E-state index contributed by atoms with van der Waals surface area (Å²) < 4.78 is 10.7. The smallest absolute Gasteiger partial charge is 0.257 e. The zero-order valence-corrected chi connectivity index (χ0v) is 18.5. The number of benzene rings is 2. The molecule has 0 bridgehead atoms. The van der Waals surface area contributed by atoms with E-state index in [9.17, 15) is 14.4 Å². The molecule has 1 atom stereocenters. The summed E-state index contributed by atoms with van der Waals surface area (Å²) >= 11 is 0. The van der Waals surface area contributed by atoms with E-state index in [0.717, 1.165) is 5.56 Å². The Kier molecular flexibility index (Phi) is 5.78. The molecular weight excluding hydrogens is 410 g/mol. The highest BCUT2D eigenvalue weighted by Crippen LogP contribution is 2.44. The molecule has 1 saturated heterocycles. The Morgan fingerprint density at radius 3 is 2.62 bits per heavy atom. The topological polar surface area (TPSA) is 88.2 Å². The zero-order valence-electron chi connectivity index (χ0n) is 18.5. The van der Waals surface area contributed by atoms with Crippen LogP contribution in [0.1, 0.15) is 42.1 Å². The van der Waals surface area contributed by atoms with Crippen molar-refractivity contribution in [2.45, 2.75) is 38.4 Å². The minimum absolute atomic E-state index is 0.00739. The van der Waals surface area contributed by atoms with Gasteiger partial charge in [-0.25, -0.2) is 0 Å². The normalized spacial score (nSPS) is 19.5. The van der Waals surface area contributed by atoms with Gasteiger partial charge in [-0.3, -0.25) is 19.3 Å². The van der Waals surface area contributed by atoms with Gasteiger partial charge in [-0.2, -0.15) is 0 Å². The molecule has 0 aromatic heterocycles. The molecule has 2 aromatic rings. The van der Waals surface area contributed by atoms with Crippen molar-refractivity contribution < 1.29 is 23.9 Å². The van der Waals surface area contributed by atoms with E-state index in [1.165, 1.54) is 0 Å². The molecule has 3 amide bonds. The van der Waals surface area contributed by atoms with Crippen LogP contribution < -0.4 is 19.7 Å². The van der Waals surface area contributed by atoms with Crippen LogP contribution in [0, 0.1) is 0 Å². The predicted octanol–water partition coefficient (Wildman–Crippen LogP) is 2.71. The van der Waals surface area contributed by atoms with Crippen molar-refractivity contribution in [2.24, 2.45) is 0 Å². The van der Waals surface area contributed by atoms with E-state index in [4.69, 9.17) is 9.47 Å². The summed E-state index contributed by atoms with van der Waals surface area (Å²) in [6.07, 6.45) is 1.03. The Balaban J connectivity index is 1.46. The Hall–Kier alpha value is -3.55. The van der Waals surface area contributed by atoms with Crippen LogP contribution in [-0.2, 0) is 16.1 Å². The third kappa shape index (κ3) is 3.55. The summed E-state index contributed by atoms with van der Waals surface area (Å²) in [7, 11) is 3.12. The number of anilines is 1. The zero-order chi connectivity index (χ0) is 22.9. The second kappa shape index (κ2) is 8.53. The van der Waals surface area contributed by atoms with Crippen molar-refractivity contribution in [1.29, 1.82) is 0 Å². The number of carbonyl (C=O) groups excluding carboxylic acids is 3. The number of fused-ring (bicyclic) bond motifs is 3. The second-order valence-corrected chi connectivity index (χ2v) is 8.10. The molecule has 0 saturated carbocycles. The van der Waals surface area contributed by atoms with E-state index in [1.807, 2.05) is 25.1 Å². The van der Waals surface area contributed by atoms with E-state index < -0.39 is 5.66 Å². The molecule has 0 radical (unpaired) electrons. The monoisotopic (exact) mass is 437 g/mol. The van der Waals surface area contributed by atoms with E-state index in [2.05, 4.69) is 5.32 Å². The molecule has 2 aromatic carbocycles. The van der Waals surface area contributed by atoms with E-state index in [-0.39, 0.29) is 37.2 Å². The number of hydrogen-bond donors (Lipinski definition) is 1. The minimum Gasteiger partial charge on any atom is -0.493 e. The quantitative estimate of drug-likeness (QED) is 0.720. The fourth-order valence-corrected chi connectivity index (χ4v) is 4.63. The lowest BCUT2D eigenvalue weighted by Crippen LogP contribution is -2.62. The first-order chi connectivity index (χ1) is 15.4. The highest BCUT2D eigenvalue weighted by molar-refractivity contribution is 6.10. The number of carbonyl (C=O) groups is 3. The van der Waals surface area contributed by atoms with Gasteiger partial charge in [0.15, 0.2) is 11.5 Å². The van der Waals surface area contributed by atoms with Crippen LogP contribution in [0.5, 0.6) is 11.5 Å². The maximum Gasteiger partial charge on any atom is 0.257 e. The molecule has 4 rings (SSSR count). The maximum absolute atomic E-state index is 13.2. The van der Waals surface area contributed by atoms with Gasteiger partial charge in [0.2, 0.25) is 11.8 Å². The van der Waals surface area contributed by atoms with Crippen LogP contribution in [0.15, 0.2) is 42.5 Å². The Bertz CT molecular complexity index is 1070. The summed E-state index contributed by atoms with van der Waals surface area (Å²) in [4.78, 5) is 41.9. The first kappa shape index (κ1) is 21.7. The number of ether oxygens (including phenoxy) is 2. The molecule has 2 heterocycles. The SMILES string of the molecule is COc1cccc(CNC(=O)CCN2C(=O)c3ccccc3N3C(=O)CCC23C)c1OC. The molecule has 2 aliphatic heterocycles. The number of para-hydroxylation sites is 2. The van der Waals surface area contributed by atoms with Crippen molar-refractivity contribution in [3.05, 3.63) is 53.6 Å². The Morgan fingerprint density at radius 1 is 1.09 bits per heavy atom. The molecule has 0 spiro atoms. The molecule has 0 aliphatic carbocycles. The first-order valence-corrected chi connectivity index (χ1v) is 10.6. The summed E-state index contributed by atoms with van der Waals surface area (Å²) in [5.41, 5.74) is 1.16. The van der Waals surface area contributed by atoms with Gasteiger partial charge in [-0.15, -0.1) is 0 Å². The van der Waals surface area contributed by atoms with Crippen molar-refractivity contribution in [2.75, 3.05) is 25.7 Å². The lowest BCUT2D eigenvalue weighted by atomic mass is 9.98. The molecular formula is C24H27N3O5. The van der Waals surface area contributed by atoms with Crippen LogP contribution in [0.2, 0.25) is 0 Å². The fourth-order valence-electron chi connectivity index (χ4n) is 4.63. The number of nitrogens with zero attached hydrogens (tertiary/aromatic N) is 2. The van der Waals surface area contributed by atoms with Gasteiger partial charge < -0.3 is 19.7 Å². The third-order valence-corrected chi connectivity index (χ3v) is 6.27. The molecule has 1 fully saturated rings. The Labute approximate surface area is 187 Å². The van der Waals surface area contributed by atoms with Gasteiger partial charge in [-0.1, -0.05) is 24.3 Å². The first-order valence-electron chi connectivity index (χ1n) is 10.6. The third-order valence-electron chi connectivity index (χ3n) is 6.27. The summed E-state index contributed by atoms with van der Waals surface area (Å²) in [6.45, 7) is 2.39. The molecule has 8 heteroatoms. The molecule has 32 heavy (non-hydrogen) atoms. The van der Waals surface area contributed by atoms with Crippen LogP contribution in [0.25, 0.3) is 0 Å². The largest absolute Gasteiger partial charge is 0.493 e. The molecule has 1 N–H and O–H groups in total. The van der Waals surface area contributed by atoms with Crippen LogP contribution in [-0.4, -0.2) is 49.0 Å². The van der Waals surface area contributed by atoms with E-state index in [1.54, 1.807) is 48.3 Å². The van der Waals surface area contributed by atoms with Gasteiger partial charge >= 0.3 is 0 Å². The highest BCUT2D eigenvalue weighted by atomic mass is 16.5. The van der Waals surface area contributed by atoms with Gasteiger partial charge in [0.1, 0.15) is 5.66 Å². The lowest BCUT2D eigenvalue weighted by molar-refractivity contribution is -0.121. The van der Waals surface area contributed by atoms with Gasteiger partial charge in [0, 0.05) is 31.5 Å². The molecule has 168 valence electrons. The summed E-state index contributed by atoms with van der Waals surface area (Å²) in [5.74, 6) is 0.811. The lowest BCUT2D eigenvalue weighted by Gasteiger charge is -2.48. The average molecular weight is 437 g/mol.